The van der Waals surface area contributed by atoms with Gasteiger partial charge in [-0.3, -0.25) is 5.01 Å². The molecule has 0 saturated carbocycles. The molecule has 0 aromatic heterocycles. The molecule has 0 atom stereocenters. The summed E-state index contributed by atoms with van der Waals surface area (Å²) in [5.74, 6) is 6.06. The number of likely N-dealkylation sites (N-methyl/N-ethyl adjacent to an activating group) is 1. The van der Waals surface area contributed by atoms with Crippen LogP contribution < -0.4 is 5.84 Å². The molecule has 116 valence electrons. The Bertz CT molecular complexity index is 400. The van der Waals surface area contributed by atoms with Gasteiger partial charge in [-0.05, 0) is 42.3 Å². The molecule has 0 saturated heterocycles. The molecule has 0 aliphatic rings. The number of hydrogen-bond acceptors (Lipinski definition) is 5. The smallest absolute Gasteiger partial charge is 0.410 e. The molecule has 7 heteroatoms. The van der Waals surface area contributed by atoms with Gasteiger partial charge in [0.2, 0.25) is 5.88 Å². The van der Waals surface area contributed by atoms with Gasteiger partial charge < -0.3 is 14.4 Å². The number of nitrogens with zero attached hydrogens (tertiary/aromatic N) is 2. The third-order valence-electron chi connectivity index (χ3n) is 2.15. The average Bonchev–Trinajstić information content (AvgIpc) is 2.26. The quantitative estimate of drug-likeness (QED) is 0.357. The Balaban J connectivity index is 4.80. The van der Waals surface area contributed by atoms with Gasteiger partial charge in [0, 0.05) is 20.6 Å². The van der Waals surface area contributed by atoms with Gasteiger partial charge in [-0.2, -0.15) is 0 Å². The third kappa shape index (κ3) is 6.29. The zero-order valence-corrected chi connectivity index (χ0v) is 14.6. The summed E-state index contributed by atoms with van der Waals surface area (Å²) in [4.78, 5) is 13.3. The minimum absolute atomic E-state index is 0.288. The van der Waals surface area contributed by atoms with E-state index in [2.05, 4.69) is 22.5 Å². The number of halogens is 1. The number of methoxy groups -OCH3 is 1. The van der Waals surface area contributed by atoms with E-state index in [1.807, 2.05) is 20.8 Å². The maximum absolute atomic E-state index is 11.9. The first kappa shape index (κ1) is 18.8. The van der Waals surface area contributed by atoms with E-state index in [4.69, 9.17) is 15.3 Å². The first-order valence-electron chi connectivity index (χ1n) is 6.04. The van der Waals surface area contributed by atoms with Gasteiger partial charge in [-0.15, -0.1) is 0 Å². The Hall–Kier alpha value is -1.21. The van der Waals surface area contributed by atoms with Crippen molar-refractivity contribution in [2.45, 2.75) is 26.4 Å². The van der Waals surface area contributed by atoms with Crippen LogP contribution in [0.3, 0.4) is 0 Å². The maximum Gasteiger partial charge on any atom is 0.410 e. The highest BCUT2D eigenvalue weighted by Gasteiger charge is 2.21. The molecule has 0 spiro atoms. The van der Waals surface area contributed by atoms with Crippen molar-refractivity contribution in [1.82, 2.24) is 9.91 Å². The van der Waals surface area contributed by atoms with Crippen LogP contribution in [-0.4, -0.2) is 49.4 Å². The monoisotopic (exact) mass is 349 g/mol. The van der Waals surface area contributed by atoms with E-state index in [0.29, 0.717) is 15.9 Å². The Kier molecular flexibility index (Phi) is 7.08. The molecule has 0 rings (SSSR count). The van der Waals surface area contributed by atoms with Crippen molar-refractivity contribution in [3.8, 4) is 0 Å². The fraction of sp³-hybridized carbons (Fsp3) is 0.615. The highest BCUT2D eigenvalue weighted by molar-refractivity contribution is 9.12. The van der Waals surface area contributed by atoms with Crippen molar-refractivity contribution in [2.75, 3.05) is 27.7 Å². The fourth-order valence-electron chi connectivity index (χ4n) is 1.30. The van der Waals surface area contributed by atoms with Gasteiger partial charge >= 0.3 is 6.09 Å². The highest BCUT2D eigenvalue weighted by Crippen LogP contribution is 2.22. The second kappa shape index (κ2) is 7.54. The van der Waals surface area contributed by atoms with Crippen LogP contribution in [0.1, 0.15) is 20.8 Å². The summed E-state index contributed by atoms with van der Waals surface area (Å²) in [6.45, 7) is 9.64. The summed E-state index contributed by atoms with van der Waals surface area (Å²) < 4.78 is 11.0. The Morgan fingerprint density at radius 2 is 1.85 bits per heavy atom. The van der Waals surface area contributed by atoms with Gasteiger partial charge in [0.15, 0.2) is 0 Å². The van der Waals surface area contributed by atoms with Crippen molar-refractivity contribution < 1.29 is 14.3 Å². The molecule has 0 radical (unpaired) electrons. The number of ether oxygens (including phenoxy) is 2. The van der Waals surface area contributed by atoms with Crippen LogP contribution in [0, 0.1) is 0 Å². The minimum atomic E-state index is -0.533. The molecule has 0 aliphatic carbocycles. The van der Waals surface area contributed by atoms with Crippen LogP contribution >= 0.6 is 15.9 Å². The van der Waals surface area contributed by atoms with Crippen LogP contribution in [0.25, 0.3) is 0 Å². The van der Waals surface area contributed by atoms with E-state index in [1.54, 1.807) is 14.1 Å². The molecular formula is C13H24BrN3O3. The van der Waals surface area contributed by atoms with Gasteiger partial charge in [-0.1, -0.05) is 6.58 Å². The number of carbonyl (C=O) groups is 1. The zero-order chi connectivity index (χ0) is 16.1. The summed E-state index contributed by atoms with van der Waals surface area (Å²) in [6.07, 6.45) is -0.418. The number of hydrogen-bond donors (Lipinski definition) is 1. The summed E-state index contributed by atoms with van der Waals surface area (Å²) >= 11 is 3.36. The zero-order valence-electron chi connectivity index (χ0n) is 13.0. The van der Waals surface area contributed by atoms with E-state index < -0.39 is 11.7 Å². The lowest BCUT2D eigenvalue weighted by Gasteiger charge is -2.25. The summed E-state index contributed by atoms with van der Waals surface area (Å²) in [5.41, 5.74) is 0.113. The van der Waals surface area contributed by atoms with Crippen molar-refractivity contribution in [3.63, 3.8) is 0 Å². The van der Waals surface area contributed by atoms with E-state index in [9.17, 15) is 4.79 Å². The average molecular weight is 350 g/mol. The minimum Gasteiger partial charge on any atom is -0.481 e. The lowest BCUT2D eigenvalue weighted by molar-refractivity contribution is 0.0314. The first-order valence-corrected chi connectivity index (χ1v) is 6.83. The van der Waals surface area contributed by atoms with E-state index >= 15 is 0 Å². The Morgan fingerprint density at radius 3 is 2.20 bits per heavy atom. The van der Waals surface area contributed by atoms with E-state index in [0.717, 1.165) is 0 Å². The maximum atomic E-state index is 11.9. The SMILES string of the molecule is C=C(CN(C)C(=O)OC(C)(C)C)/C(Br)=C(/OC)N(C)N. The van der Waals surface area contributed by atoms with Crippen molar-refractivity contribution in [1.29, 1.82) is 0 Å². The molecule has 0 heterocycles. The molecule has 0 unspecified atom stereocenters. The van der Waals surface area contributed by atoms with E-state index in [-0.39, 0.29) is 6.54 Å². The highest BCUT2D eigenvalue weighted by atomic mass is 79.9. The molecular weight excluding hydrogens is 326 g/mol. The van der Waals surface area contributed by atoms with Gasteiger partial charge in [-0.25, -0.2) is 10.6 Å². The molecule has 0 bridgehead atoms. The van der Waals surface area contributed by atoms with Crippen molar-refractivity contribution >= 4 is 22.0 Å². The van der Waals surface area contributed by atoms with Crippen LogP contribution in [0.15, 0.2) is 22.5 Å². The topological polar surface area (TPSA) is 68.0 Å². The van der Waals surface area contributed by atoms with Gasteiger partial charge in [0.05, 0.1) is 11.6 Å². The number of amides is 1. The molecule has 0 fully saturated rings. The van der Waals surface area contributed by atoms with Crippen molar-refractivity contribution in [3.05, 3.63) is 22.5 Å². The first-order chi connectivity index (χ1) is 8.99. The fourth-order valence-corrected chi connectivity index (χ4v) is 1.87. The second-order valence-electron chi connectivity index (χ2n) is 5.37. The normalized spacial score (nSPS) is 12.4. The van der Waals surface area contributed by atoms with Crippen LogP contribution in [0.4, 0.5) is 4.79 Å². The molecule has 0 aliphatic heterocycles. The number of hydrazine groups is 1. The van der Waals surface area contributed by atoms with Crippen molar-refractivity contribution in [2.24, 2.45) is 5.84 Å². The van der Waals surface area contributed by atoms with Gasteiger partial charge in [0.1, 0.15) is 5.60 Å². The predicted octanol–water partition coefficient (Wildman–Crippen LogP) is 2.43. The molecule has 2 N–H and O–H groups in total. The van der Waals surface area contributed by atoms with E-state index in [1.165, 1.54) is 17.0 Å². The molecule has 0 aromatic rings. The molecule has 0 aromatic carbocycles. The van der Waals surface area contributed by atoms with Crippen LogP contribution in [-0.2, 0) is 9.47 Å². The number of carbonyl (C=O) groups excluding carboxylic acids is 1. The lowest BCUT2D eigenvalue weighted by Crippen LogP contribution is -2.35. The second-order valence-corrected chi connectivity index (χ2v) is 6.17. The Morgan fingerprint density at radius 1 is 1.35 bits per heavy atom. The number of rotatable bonds is 5. The molecule has 20 heavy (non-hydrogen) atoms. The largest absolute Gasteiger partial charge is 0.481 e. The van der Waals surface area contributed by atoms with Crippen LogP contribution in [0.5, 0.6) is 0 Å². The van der Waals surface area contributed by atoms with Crippen LogP contribution in [0.2, 0.25) is 0 Å². The number of nitrogens with two attached hydrogens (primary N) is 1. The molecule has 6 nitrogen and oxygen atoms in total. The Labute approximate surface area is 129 Å². The third-order valence-corrected chi connectivity index (χ3v) is 3.04. The standard InChI is InChI=1S/C13H24BrN3O3/c1-9(10(14)11(19-7)17(6)15)8-16(5)12(18)20-13(2,3)4/h1,8,15H2,2-7H3/b11-10-. The summed E-state index contributed by atoms with van der Waals surface area (Å²) in [5, 5.41) is 1.32. The summed E-state index contributed by atoms with van der Waals surface area (Å²) in [6, 6.07) is 0. The molecule has 1 amide bonds. The summed E-state index contributed by atoms with van der Waals surface area (Å²) in [7, 11) is 4.79. The lowest BCUT2D eigenvalue weighted by atomic mass is 10.2. The van der Waals surface area contributed by atoms with Gasteiger partial charge in [0.25, 0.3) is 0 Å². The predicted molar refractivity (Wildman–Crippen MR) is 82.9 cm³/mol.